The van der Waals surface area contributed by atoms with Gasteiger partial charge in [0.2, 0.25) is 0 Å². The number of carbonyl (C=O) groups is 1. The molecule has 1 atom stereocenters. The van der Waals surface area contributed by atoms with E-state index in [4.69, 9.17) is 4.98 Å². The van der Waals surface area contributed by atoms with Crippen LogP contribution < -0.4 is 16.4 Å². The summed E-state index contributed by atoms with van der Waals surface area (Å²) in [5, 5.41) is 3.63. The number of thioether (sulfide) groups is 1. The zero-order valence-corrected chi connectivity index (χ0v) is 19.6. The Morgan fingerprint density at radius 2 is 1.91 bits per heavy atom. The average molecular weight is 479 g/mol. The van der Waals surface area contributed by atoms with Crippen molar-refractivity contribution < 1.29 is 4.79 Å². The van der Waals surface area contributed by atoms with Crippen LogP contribution in [0.1, 0.15) is 30.3 Å². The maximum absolute atomic E-state index is 12.6. The summed E-state index contributed by atoms with van der Waals surface area (Å²) in [6, 6.07) is 7.70. The number of fused-ring (bicyclic) bond motifs is 1. The molecule has 0 amide bonds. The van der Waals surface area contributed by atoms with Gasteiger partial charge in [-0.3, -0.25) is 28.5 Å². The topological polar surface area (TPSA) is 102 Å². The fourth-order valence-corrected chi connectivity index (χ4v) is 6.18. The van der Waals surface area contributed by atoms with E-state index in [9.17, 15) is 14.4 Å². The summed E-state index contributed by atoms with van der Waals surface area (Å²) >= 11 is 1.58. The number of ketones is 1. The first-order valence-corrected chi connectivity index (χ1v) is 12.7. The zero-order chi connectivity index (χ0) is 23.2. The zero-order valence-electron chi connectivity index (χ0n) is 18.8. The normalized spacial score (nSPS) is 20.7. The van der Waals surface area contributed by atoms with E-state index in [1.54, 1.807) is 27.0 Å². The first-order chi connectivity index (χ1) is 16.5. The summed E-state index contributed by atoms with van der Waals surface area (Å²) in [5.74, 6) is 0.794. The van der Waals surface area contributed by atoms with Crippen molar-refractivity contribution in [2.75, 3.05) is 25.4 Å². The number of rotatable bonds is 5. The van der Waals surface area contributed by atoms with Crippen LogP contribution in [0.15, 0.2) is 44.9 Å². The molecule has 3 aromatic rings. The molecule has 0 spiro atoms. The second kappa shape index (κ2) is 8.75. The van der Waals surface area contributed by atoms with Crippen LogP contribution in [-0.4, -0.2) is 61.2 Å². The number of aromatic nitrogens is 4. The van der Waals surface area contributed by atoms with Crippen LogP contribution in [0.25, 0.3) is 11.2 Å². The largest absolute Gasteiger partial charge is 0.308 e. The van der Waals surface area contributed by atoms with Gasteiger partial charge in [-0.1, -0.05) is 0 Å². The van der Waals surface area contributed by atoms with E-state index in [0.717, 1.165) is 48.8 Å². The van der Waals surface area contributed by atoms with Gasteiger partial charge in [-0.15, -0.1) is 11.8 Å². The van der Waals surface area contributed by atoms with E-state index in [2.05, 4.69) is 27.3 Å². The highest BCUT2D eigenvalue weighted by atomic mass is 32.2. The van der Waals surface area contributed by atoms with E-state index >= 15 is 0 Å². The Morgan fingerprint density at radius 1 is 1.06 bits per heavy atom. The summed E-state index contributed by atoms with van der Waals surface area (Å²) in [6.45, 7) is 3.82. The van der Waals surface area contributed by atoms with Gasteiger partial charge in [0.05, 0.1) is 35.8 Å². The lowest BCUT2D eigenvalue weighted by atomic mass is 10.0. The standard InChI is InChI=1S/C24H26N6O3S/c31-18-9-20-21(34-14-18)3-1-16(27-20)10-25-15-5-7-28(8-6-15)12-17-13-29-22(32)4-2-19-24(29)30(17)23(33)11-26-19/h1-4,11,15,17,25H,5-10,12-14H2/t17-/m1/s1. The van der Waals surface area contributed by atoms with Gasteiger partial charge in [0.25, 0.3) is 11.1 Å². The third-order valence-electron chi connectivity index (χ3n) is 7.04. The number of nitrogens with zero attached hydrogens (tertiary/aromatic N) is 5. The first-order valence-electron chi connectivity index (χ1n) is 11.8. The lowest BCUT2D eigenvalue weighted by molar-refractivity contribution is -0.116. The van der Waals surface area contributed by atoms with Crippen LogP contribution in [0, 0.1) is 0 Å². The molecule has 0 saturated carbocycles. The highest BCUT2D eigenvalue weighted by Crippen LogP contribution is 2.27. The minimum Gasteiger partial charge on any atom is -0.308 e. The first kappa shape index (κ1) is 21.7. The van der Waals surface area contributed by atoms with Gasteiger partial charge >= 0.3 is 0 Å². The molecule has 9 nitrogen and oxygen atoms in total. The van der Waals surface area contributed by atoms with Crippen molar-refractivity contribution in [3.8, 4) is 0 Å². The smallest absolute Gasteiger partial charge is 0.270 e. The molecule has 1 N–H and O–H groups in total. The second-order valence-corrected chi connectivity index (χ2v) is 10.3. The fraction of sp³-hybridized carbons (Fsp3) is 0.458. The Balaban J connectivity index is 1.06. The Morgan fingerprint density at radius 3 is 2.76 bits per heavy atom. The molecule has 0 aliphatic carbocycles. The predicted octanol–water partition coefficient (Wildman–Crippen LogP) is 0.979. The molecule has 1 saturated heterocycles. The van der Waals surface area contributed by atoms with Crippen molar-refractivity contribution in [1.29, 1.82) is 0 Å². The van der Waals surface area contributed by atoms with Gasteiger partial charge in [-0.25, -0.2) is 4.98 Å². The van der Waals surface area contributed by atoms with Gasteiger partial charge in [0.15, 0.2) is 0 Å². The Hall–Kier alpha value is -2.82. The number of nitrogens with one attached hydrogen (secondary N) is 1. The van der Waals surface area contributed by atoms with Crippen molar-refractivity contribution in [1.82, 2.24) is 29.3 Å². The van der Waals surface area contributed by atoms with Crippen LogP contribution in [0.2, 0.25) is 0 Å². The molecular weight excluding hydrogens is 452 g/mol. The molecule has 0 aromatic carbocycles. The second-order valence-electron chi connectivity index (χ2n) is 9.32. The number of carbonyl (C=O) groups excluding carboxylic acids is 1. The van der Waals surface area contributed by atoms with Crippen molar-refractivity contribution >= 4 is 28.7 Å². The lowest BCUT2D eigenvalue weighted by Crippen LogP contribution is -2.44. The molecule has 0 unspecified atom stereocenters. The monoisotopic (exact) mass is 478 g/mol. The maximum atomic E-state index is 12.6. The molecule has 6 rings (SSSR count). The fourth-order valence-electron chi connectivity index (χ4n) is 5.32. The Bertz CT molecular complexity index is 1390. The number of hydrogen-bond donors (Lipinski definition) is 1. The highest BCUT2D eigenvalue weighted by Gasteiger charge is 2.29. The predicted molar refractivity (Wildman–Crippen MR) is 129 cm³/mol. The van der Waals surface area contributed by atoms with Crippen LogP contribution in [0.5, 0.6) is 0 Å². The minimum atomic E-state index is -0.149. The molecule has 34 heavy (non-hydrogen) atoms. The quantitative estimate of drug-likeness (QED) is 0.579. The van der Waals surface area contributed by atoms with Crippen molar-refractivity contribution in [2.45, 2.75) is 49.3 Å². The molecule has 6 heterocycles. The number of piperidine rings is 1. The third kappa shape index (κ3) is 3.99. The number of hydrogen-bond acceptors (Lipinski definition) is 8. The van der Waals surface area contributed by atoms with Gasteiger partial charge in [-0.2, -0.15) is 0 Å². The minimum absolute atomic E-state index is 0.0575. The van der Waals surface area contributed by atoms with E-state index in [1.165, 1.54) is 12.3 Å². The van der Waals surface area contributed by atoms with E-state index < -0.39 is 0 Å². The molecule has 3 aliphatic heterocycles. The van der Waals surface area contributed by atoms with Crippen molar-refractivity contribution in [2.24, 2.45) is 0 Å². The summed E-state index contributed by atoms with van der Waals surface area (Å²) in [4.78, 5) is 49.1. The molecule has 1 fully saturated rings. The van der Waals surface area contributed by atoms with E-state index in [0.29, 0.717) is 42.5 Å². The number of Topliss-reactive ketones (excluding diaryl/α,β-unsaturated/α-hetero) is 1. The van der Waals surface area contributed by atoms with Crippen molar-refractivity contribution in [3.05, 3.63) is 62.6 Å². The molecule has 0 bridgehead atoms. The average Bonchev–Trinajstić information content (AvgIpc) is 3.23. The molecule has 10 heteroatoms. The van der Waals surface area contributed by atoms with E-state index in [-0.39, 0.29) is 22.9 Å². The van der Waals surface area contributed by atoms with Crippen molar-refractivity contribution in [3.63, 3.8) is 0 Å². The van der Waals surface area contributed by atoms with Crippen LogP contribution >= 0.6 is 11.8 Å². The summed E-state index contributed by atoms with van der Waals surface area (Å²) in [6.07, 6.45) is 3.83. The summed E-state index contributed by atoms with van der Waals surface area (Å²) in [7, 11) is 0. The van der Waals surface area contributed by atoms with Gasteiger partial charge in [0.1, 0.15) is 16.9 Å². The third-order valence-corrected chi connectivity index (χ3v) is 8.19. The van der Waals surface area contributed by atoms with Gasteiger partial charge in [0, 0.05) is 36.6 Å². The van der Waals surface area contributed by atoms with E-state index in [1.807, 2.05) is 0 Å². The number of pyridine rings is 2. The molecule has 176 valence electrons. The highest BCUT2D eigenvalue weighted by molar-refractivity contribution is 8.00. The SMILES string of the molecule is O=C1CSc2ccc(CNC3CCN(C[C@@H]4Cn5c(=O)ccc6ncc(=O)n4c65)CC3)nc2C1. The maximum Gasteiger partial charge on any atom is 0.270 e. The molecule has 0 radical (unpaired) electrons. The molecule has 3 aliphatic rings. The Kier molecular flexibility index (Phi) is 5.59. The summed E-state index contributed by atoms with van der Waals surface area (Å²) in [5.41, 5.74) is 2.98. The molecule has 3 aromatic heterocycles. The lowest BCUT2D eigenvalue weighted by Gasteiger charge is -2.34. The van der Waals surface area contributed by atoms with Crippen LogP contribution in [0.4, 0.5) is 0 Å². The van der Waals surface area contributed by atoms with Crippen LogP contribution in [-0.2, 0) is 24.3 Å². The van der Waals surface area contributed by atoms with Gasteiger partial charge in [-0.05, 0) is 44.1 Å². The summed E-state index contributed by atoms with van der Waals surface area (Å²) < 4.78 is 3.43. The number of likely N-dealkylation sites (tertiary alicyclic amines) is 1. The Labute approximate surface area is 200 Å². The van der Waals surface area contributed by atoms with Crippen LogP contribution in [0.3, 0.4) is 0 Å². The van der Waals surface area contributed by atoms with Gasteiger partial charge < -0.3 is 10.2 Å². The molecular formula is C24H26N6O3S.